The van der Waals surface area contributed by atoms with Crippen LogP contribution in [0, 0.1) is 3.57 Å². The zero-order chi connectivity index (χ0) is 13.7. The molecule has 1 aromatic heterocycles. The number of halogens is 1. The lowest BCUT2D eigenvalue weighted by atomic mass is 10.2. The molecular weight excluding hydrogens is 353 g/mol. The van der Waals surface area contributed by atoms with E-state index in [9.17, 15) is 4.79 Å². The van der Waals surface area contributed by atoms with Gasteiger partial charge in [0.05, 0.1) is 0 Å². The summed E-state index contributed by atoms with van der Waals surface area (Å²) in [4.78, 5) is 16.3. The number of aromatic nitrogens is 1. The van der Waals surface area contributed by atoms with Crippen molar-refractivity contribution in [3.63, 3.8) is 0 Å². The van der Waals surface area contributed by atoms with E-state index in [1.807, 2.05) is 31.2 Å². The third-order valence-electron chi connectivity index (χ3n) is 2.46. The largest absolute Gasteiger partial charge is 0.370 e. The highest BCUT2D eigenvalue weighted by atomic mass is 127. The summed E-state index contributed by atoms with van der Waals surface area (Å²) < 4.78 is 1.08. The predicted molar refractivity (Wildman–Crippen MR) is 85.5 cm³/mol. The van der Waals surface area contributed by atoms with Gasteiger partial charge in [0.15, 0.2) is 0 Å². The molecule has 2 N–H and O–H groups in total. The lowest BCUT2D eigenvalue weighted by Crippen LogP contribution is -2.12. The van der Waals surface area contributed by atoms with Crippen LogP contribution in [-0.2, 0) is 0 Å². The van der Waals surface area contributed by atoms with Gasteiger partial charge in [-0.3, -0.25) is 4.79 Å². The molecule has 0 aliphatic heterocycles. The van der Waals surface area contributed by atoms with Crippen LogP contribution in [0.25, 0.3) is 0 Å². The topological polar surface area (TPSA) is 54.0 Å². The molecule has 0 unspecified atom stereocenters. The average molecular weight is 367 g/mol. The number of benzene rings is 1. The first-order valence-corrected chi connectivity index (χ1v) is 7.04. The van der Waals surface area contributed by atoms with Crippen molar-refractivity contribution in [2.75, 3.05) is 17.2 Å². The van der Waals surface area contributed by atoms with E-state index in [-0.39, 0.29) is 5.91 Å². The monoisotopic (exact) mass is 367 g/mol. The van der Waals surface area contributed by atoms with E-state index in [1.54, 1.807) is 18.3 Å². The van der Waals surface area contributed by atoms with E-state index in [1.165, 1.54) is 0 Å². The first kappa shape index (κ1) is 13.8. The molecule has 0 bridgehead atoms. The van der Waals surface area contributed by atoms with Crippen LogP contribution in [0.15, 0.2) is 42.6 Å². The molecule has 0 saturated carbocycles. The number of carbonyl (C=O) groups is 1. The summed E-state index contributed by atoms with van der Waals surface area (Å²) in [6.07, 6.45) is 1.63. The van der Waals surface area contributed by atoms with E-state index in [4.69, 9.17) is 0 Å². The Bertz CT molecular complexity index is 586. The maximum Gasteiger partial charge on any atom is 0.255 e. The van der Waals surface area contributed by atoms with E-state index >= 15 is 0 Å². The molecule has 0 fully saturated rings. The van der Waals surface area contributed by atoms with Gasteiger partial charge in [-0.05, 0) is 59.8 Å². The Morgan fingerprint density at radius 2 is 2.16 bits per heavy atom. The quantitative estimate of drug-likeness (QED) is 0.815. The van der Waals surface area contributed by atoms with E-state index in [0.29, 0.717) is 11.4 Å². The van der Waals surface area contributed by atoms with E-state index < -0.39 is 0 Å². The van der Waals surface area contributed by atoms with Gasteiger partial charge in [-0.25, -0.2) is 4.98 Å². The van der Waals surface area contributed by atoms with E-state index in [2.05, 4.69) is 38.2 Å². The Kier molecular flexibility index (Phi) is 4.73. The molecule has 0 aliphatic carbocycles. The zero-order valence-corrected chi connectivity index (χ0v) is 12.6. The van der Waals surface area contributed by atoms with Crippen molar-refractivity contribution in [3.8, 4) is 0 Å². The average Bonchev–Trinajstić information content (AvgIpc) is 2.39. The van der Waals surface area contributed by atoms with Gasteiger partial charge in [-0.2, -0.15) is 0 Å². The number of nitrogens with one attached hydrogen (secondary N) is 2. The summed E-state index contributed by atoms with van der Waals surface area (Å²) >= 11 is 2.21. The third-order valence-corrected chi connectivity index (χ3v) is 3.13. The Hall–Kier alpha value is -1.63. The Labute approximate surface area is 125 Å². The molecule has 0 spiro atoms. The van der Waals surface area contributed by atoms with Crippen molar-refractivity contribution in [2.24, 2.45) is 0 Å². The first-order valence-electron chi connectivity index (χ1n) is 5.96. The van der Waals surface area contributed by atoms with Crippen molar-refractivity contribution < 1.29 is 4.79 Å². The molecule has 0 aliphatic rings. The molecule has 1 heterocycles. The fourth-order valence-electron chi connectivity index (χ4n) is 1.62. The van der Waals surface area contributed by atoms with Crippen molar-refractivity contribution in [1.29, 1.82) is 0 Å². The number of nitrogens with zero attached hydrogens (tertiary/aromatic N) is 1. The molecule has 1 amide bonds. The number of hydrogen-bond acceptors (Lipinski definition) is 3. The minimum atomic E-state index is -0.136. The number of rotatable bonds is 4. The van der Waals surface area contributed by atoms with Crippen molar-refractivity contribution >= 4 is 40.0 Å². The molecule has 0 atom stereocenters. The molecule has 0 saturated heterocycles. The van der Waals surface area contributed by atoms with Crippen LogP contribution in [0.2, 0.25) is 0 Å². The minimum absolute atomic E-state index is 0.136. The van der Waals surface area contributed by atoms with Crippen molar-refractivity contribution in [3.05, 3.63) is 51.7 Å². The standard InChI is InChI=1S/C14H14IN3O/c1-2-16-13-8-10(6-7-17-13)14(19)18-12-5-3-4-11(15)9-12/h3-9H,2H2,1H3,(H,16,17)(H,18,19). The van der Waals surface area contributed by atoms with Crippen LogP contribution in [0.4, 0.5) is 11.5 Å². The highest BCUT2D eigenvalue weighted by Gasteiger charge is 2.07. The van der Waals surface area contributed by atoms with Gasteiger partial charge in [-0.1, -0.05) is 6.07 Å². The highest BCUT2D eigenvalue weighted by Crippen LogP contribution is 2.14. The maximum absolute atomic E-state index is 12.1. The Morgan fingerprint density at radius 1 is 1.32 bits per heavy atom. The second-order valence-corrected chi connectivity index (χ2v) is 5.17. The molecule has 19 heavy (non-hydrogen) atoms. The van der Waals surface area contributed by atoms with Gasteiger partial charge < -0.3 is 10.6 Å². The highest BCUT2D eigenvalue weighted by molar-refractivity contribution is 14.1. The molecule has 2 aromatic rings. The van der Waals surface area contributed by atoms with Crippen LogP contribution in [0.3, 0.4) is 0 Å². The molecule has 5 heteroatoms. The second-order valence-electron chi connectivity index (χ2n) is 3.92. The normalized spacial score (nSPS) is 10.0. The molecule has 0 radical (unpaired) electrons. The van der Waals surface area contributed by atoms with Crippen LogP contribution in [-0.4, -0.2) is 17.4 Å². The summed E-state index contributed by atoms with van der Waals surface area (Å²) in [5.41, 5.74) is 1.38. The molecule has 2 rings (SSSR count). The smallest absolute Gasteiger partial charge is 0.255 e. The van der Waals surface area contributed by atoms with E-state index in [0.717, 1.165) is 15.8 Å². The van der Waals surface area contributed by atoms with Crippen molar-refractivity contribution in [2.45, 2.75) is 6.92 Å². The summed E-state index contributed by atoms with van der Waals surface area (Å²) in [7, 11) is 0. The summed E-state index contributed by atoms with van der Waals surface area (Å²) in [5, 5.41) is 5.95. The number of carbonyl (C=O) groups excluding carboxylic acids is 1. The Balaban J connectivity index is 2.13. The van der Waals surface area contributed by atoms with Crippen molar-refractivity contribution in [1.82, 2.24) is 4.98 Å². The van der Waals surface area contributed by atoms with Gasteiger partial charge in [-0.15, -0.1) is 0 Å². The van der Waals surface area contributed by atoms with Gasteiger partial charge in [0.2, 0.25) is 0 Å². The van der Waals surface area contributed by atoms with Crippen LogP contribution in [0.5, 0.6) is 0 Å². The van der Waals surface area contributed by atoms with Crippen LogP contribution >= 0.6 is 22.6 Å². The molecular formula is C14H14IN3O. The fourth-order valence-corrected chi connectivity index (χ4v) is 2.16. The van der Waals surface area contributed by atoms with Gasteiger partial charge >= 0.3 is 0 Å². The number of pyridine rings is 1. The van der Waals surface area contributed by atoms with Gasteiger partial charge in [0.25, 0.3) is 5.91 Å². The zero-order valence-electron chi connectivity index (χ0n) is 10.5. The molecule has 4 nitrogen and oxygen atoms in total. The lowest BCUT2D eigenvalue weighted by molar-refractivity contribution is 0.102. The summed E-state index contributed by atoms with van der Waals surface area (Å²) in [6.45, 7) is 2.76. The van der Waals surface area contributed by atoms with Gasteiger partial charge in [0.1, 0.15) is 5.82 Å². The number of hydrogen-bond donors (Lipinski definition) is 2. The first-order chi connectivity index (χ1) is 9.19. The minimum Gasteiger partial charge on any atom is -0.370 e. The lowest BCUT2D eigenvalue weighted by Gasteiger charge is -2.07. The number of anilines is 2. The third kappa shape index (κ3) is 3.92. The van der Waals surface area contributed by atoms with Crippen LogP contribution < -0.4 is 10.6 Å². The predicted octanol–water partition coefficient (Wildman–Crippen LogP) is 3.37. The second kappa shape index (κ2) is 6.51. The molecule has 1 aromatic carbocycles. The number of amides is 1. The summed E-state index contributed by atoms with van der Waals surface area (Å²) in [6, 6.07) is 11.1. The summed E-state index contributed by atoms with van der Waals surface area (Å²) in [5.74, 6) is 0.571. The fraction of sp³-hybridized carbons (Fsp3) is 0.143. The van der Waals surface area contributed by atoms with Crippen LogP contribution in [0.1, 0.15) is 17.3 Å². The van der Waals surface area contributed by atoms with Gasteiger partial charge in [0, 0.05) is 27.6 Å². The maximum atomic E-state index is 12.1. The SMILES string of the molecule is CCNc1cc(C(=O)Nc2cccc(I)c2)ccn1. The molecule has 98 valence electrons. The Morgan fingerprint density at radius 3 is 2.89 bits per heavy atom.